The van der Waals surface area contributed by atoms with E-state index in [0.717, 1.165) is 57.6 Å². The molecule has 2 aliphatic heterocycles. The minimum absolute atomic E-state index is 0.259. The molecule has 0 amide bonds. The summed E-state index contributed by atoms with van der Waals surface area (Å²) in [5.74, 6) is 2.68. The molecule has 0 radical (unpaired) electrons. The molecule has 1 aromatic rings. The van der Waals surface area contributed by atoms with Gasteiger partial charge in [-0.05, 0) is 44.4 Å². The van der Waals surface area contributed by atoms with Gasteiger partial charge in [0, 0.05) is 38.6 Å². The third-order valence-electron chi connectivity index (χ3n) is 5.27. The Morgan fingerprint density at radius 2 is 1.88 bits per heavy atom. The number of aromatic nitrogens is 2. The van der Waals surface area contributed by atoms with Crippen LogP contribution in [0.2, 0.25) is 0 Å². The molecule has 0 spiro atoms. The lowest BCUT2D eigenvalue weighted by Gasteiger charge is -2.31. The highest BCUT2D eigenvalue weighted by atomic mass is 32.2. The second kappa shape index (κ2) is 8.60. The molecule has 25 heavy (non-hydrogen) atoms. The Morgan fingerprint density at radius 1 is 1.16 bits per heavy atom. The fourth-order valence-corrected chi connectivity index (χ4v) is 5.22. The maximum Gasteiger partial charge on any atom is 0.226 e. The third-order valence-corrected chi connectivity index (χ3v) is 7.34. The number of ether oxygens (including phenoxy) is 1. The summed E-state index contributed by atoms with van der Waals surface area (Å²) in [5, 5.41) is 4.14. The minimum Gasteiger partial charge on any atom is -0.381 e. The normalized spacial score (nSPS) is 21.6. The number of hydrogen-bond donors (Lipinski definition) is 0. The summed E-state index contributed by atoms with van der Waals surface area (Å²) in [6, 6.07) is 0. The lowest BCUT2D eigenvalue weighted by molar-refractivity contribution is 0.0830. The molecule has 2 fully saturated rings. The fourth-order valence-electron chi connectivity index (χ4n) is 3.68. The van der Waals surface area contributed by atoms with E-state index in [4.69, 9.17) is 9.26 Å². The number of hydrogen-bond acceptors (Lipinski definition) is 6. The van der Waals surface area contributed by atoms with Crippen LogP contribution in [0.15, 0.2) is 4.52 Å². The van der Waals surface area contributed by atoms with Crippen molar-refractivity contribution in [3.05, 3.63) is 11.7 Å². The van der Waals surface area contributed by atoms with Gasteiger partial charge >= 0.3 is 0 Å². The first-order valence-electron chi connectivity index (χ1n) is 9.46. The molecule has 0 bridgehead atoms. The summed E-state index contributed by atoms with van der Waals surface area (Å²) < 4.78 is 36.7. The molecule has 8 heteroatoms. The SMILES string of the molecule is CCCS(=O)(=O)N1CCC(CCc2nc(C3CCOCC3)no2)CC1. The molecule has 0 saturated carbocycles. The van der Waals surface area contributed by atoms with Gasteiger partial charge in [0.1, 0.15) is 0 Å². The van der Waals surface area contributed by atoms with Gasteiger partial charge in [-0.2, -0.15) is 4.98 Å². The molecule has 2 aliphatic rings. The molecule has 142 valence electrons. The lowest BCUT2D eigenvalue weighted by atomic mass is 9.93. The van der Waals surface area contributed by atoms with Crippen molar-refractivity contribution in [2.75, 3.05) is 32.1 Å². The van der Waals surface area contributed by atoms with Gasteiger partial charge in [-0.3, -0.25) is 0 Å². The van der Waals surface area contributed by atoms with Crippen molar-refractivity contribution in [1.82, 2.24) is 14.4 Å². The van der Waals surface area contributed by atoms with Gasteiger partial charge in [0.25, 0.3) is 0 Å². The summed E-state index contributed by atoms with van der Waals surface area (Å²) in [6.07, 6.45) is 6.20. The molecule has 2 saturated heterocycles. The van der Waals surface area contributed by atoms with Gasteiger partial charge in [-0.25, -0.2) is 12.7 Å². The second-order valence-electron chi connectivity index (χ2n) is 7.13. The first-order valence-corrected chi connectivity index (χ1v) is 11.1. The van der Waals surface area contributed by atoms with Gasteiger partial charge in [0.15, 0.2) is 5.82 Å². The van der Waals surface area contributed by atoms with Crippen LogP contribution >= 0.6 is 0 Å². The number of sulfonamides is 1. The van der Waals surface area contributed by atoms with Gasteiger partial charge in [0.05, 0.1) is 5.75 Å². The van der Waals surface area contributed by atoms with E-state index in [1.807, 2.05) is 6.92 Å². The van der Waals surface area contributed by atoms with Gasteiger partial charge in [0.2, 0.25) is 15.9 Å². The van der Waals surface area contributed by atoms with Crippen molar-refractivity contribution in [1.29, 1.82) is 0 Å². The Morgan fingerprint density at radius 3 is 2.56 bits per heavy atom. The van der Waals surface area contributed by atoms with Crippen molar-refractivity contribution in [2.45, 2.75) is 57.8 Å². The van der Waals surface area contributed by atoms with Crippen LogP contribution in [0.4, 0.5) is 0 Å². The van der Waals surface area contributed by atoms with Crippen molar-refractivity contribution < 1.29 is 17.7 Å². The van der Waals surface area contributed by atoms with Crippen molar-refractivity contribution in [3.8, 4) is 0 Å². The second-order valence-corrected chi connectivity index (χ2v) is 9.22. The summed E-state index contributed by atoms with van der Waals surface area (Å²) in [7, 11) is -3.05. The van der Waals surface area contributed by atoms with Crippen LogP contribution in [-0.2, 0) is 21.2 Å². The summed E-state index contributed by atoms with van der Waals surface area (Å²) in [5.41, 5.74) is 0. The largest absolute Gasteiger partial charge is 0.381 e. The van der Waals surface area contributed by atoms with Crippen LogP contribution in [0.5, 0.6) is 0 Å². The number of nitrogens with zero attached hydrogens (tertiary/aromatic N) is 3. The van der Waals surface area contributed by atoms with E-state index < -0.39 is 10.0 Å². The molecule has 0 N–H and O–H groups in total. The molecule has 3 heterocycles. The molecule has 7 nitrogen and oxygen atoms in total. The first kappa shape index (κ1) is 18.8. The number of aryl methyl sites for hydroxylation is 1. The van der Waals surface area contributed by atoms with E-state index in [1.165, 1.54) is 0 Å². The van der Waals surface area contributed by atoms with Crippen LogP contribution in [0, 0.1) is 5.92 Å². The lowest BCUT2D eigenvalue weighted by Crippen LogP contribution is -2.39. The van der Waals surface area contributed by atoms with Crippen molar-refractivity contribution in [2.24, 2.45) is 5.92 Å². The van der Waals surface area contributed by atoms with E-state index in [-0.39, 0.29) is 5.75 Å². The molecular weight excluding hydrogens is 342 g/mol. The van der Waals surface area contributed by atoms with Crippen molar-refractivity contribution >= 4 is 10.0 Å². The summed E-state index contributed by atoms with van der Waals surface area (Å²) >= 11 is 0. The summed E-state index contributed by atoms with van der Waals surface area (Å²) in [6.45, 7) is 4.74. The minimum atomic E-state index is -3.05. The van der Waals surface area contributed by atoms with Crippen LogP contribution in [0.1, 0.15) is 63.1 Å². The maximum atomic E-state index is 12.1. The van der Waals surface area contributed by atoms with Crippen LogP contribution < -0.4 is 0 Å². The van der Waals surface area contributed by atoms with Gasteiger partial charge < -0.3 is 9.26 Å². The highest BCUT2D eigenvalue weighted by Gasteiger charge is 2.27. The number of piperidine rings is 1. The fraction of sp³-hybridized carbons (Fsp3) is 0.882. The zero-order valence-electron chi connectivity index (χ0n) is 15.0. The highest BCUT2D eigenvalue weighted by molar-refractivity contribution is 7.89. The Bertz CT molecular complexity index is 632. The van der Waals surface area contributed by atoms with Gasteiger partial charge in [-0.1, -0.05) is 12.1 Å². The molecule has 0 atom stereocenters. The average molecular weight is 372 g/mol. The summed E-state index contributed by atoms with van der Waals surface area (Å²) in [4.78, 5) is 4.56. The predicted octanol–water partition coefficient (Wildman–Crippen LogP) is 2.35. The van der Waals surface area contributed by atoms with Crippen LogP contribution in [0.25, 0.3) is 0 Å². The molecule has 0 aromatic carbocycles. The Balaban J connectivity index is 1.43. The molecule has 3 rings (SSSR count). The molecule has 0 unspecified atom stereocenters. The zero-order chi connectivity index (χ0) is 17.7. The Kier molecular flexibility index (Phi) is 6.46. The van der Waals surface area contributed by atoms with Crippen LogP contribution in [-0.4, -0.2) is 54.9 Å². The van der Waals surface area contributed by atoms with E-state index >= 15 is 0 Å². The first-order chi connectivity index (χ1) is 12.1. The number of rotatable bonds is 7. The topological polar surface area (TPSA) is 85.5 Å². The third kappa shape index (κ3) is 5.01. The molecule has 1 aromatic heterocycles. The van der Waals surface area contributed by atoms with E-state index in [1.54, 1.807) is 4.31 Å². The van der Waals surface area contributed by atoms with E-state index in [0.29, 0.717) is 37.2 Å². The molecule has 0 aliphatic carbocycles. The van der Waals surface area contributed by atoms with E-state index in [9.17, 15) is 8.42 Å². The predicted molar refractivity (Wildman–Crippen MR) is 93.8 cm³/mol. The Labute approximate surface area is 150 Å². The average Bonchev–Trinajstić information content (AvgIpc) is 3.10. The quantitative estimate of drug-likeness (QED) is 0.731. The van der Waals surface area contributed by atoms with Crippen LogP contribution in [0.3, 0.4) is 0 Å². The van der Waals surface area contributed by atoms with E-state index in [2.05, 4.69) is 10.1 Å². The molecular formula is C17H29N3O4S. The smallest absolute Gasteiger partial charge is 0.226 e. The highest BCUT2D eigenvalue weighted by Crippen LogP contribution is 2.26. The van der Waals surface area contributed by atoms with Crippen molar-refractivity contribution in [3.63, 3.8) is 0 Å². The maximum absolute atomic E-state index is 12.1. The standard InChI is InChI=1S/C17H29N3O4S/c1-2-13-25(21,22)20-9-5-14(6-10-20)3-4-16-18-17(19-24-16)15-7-11-23-12-8-15/h14-15H,2-13H2,1H3. The monoisotopic (exact) mass is 371 g/mol. The Hall–Kier alpha value is -0.990. The zero-order valence-corrected chi connectivity index (χ0v) is 15.8. The van der Waals surface area contributed by atoms with Gasteiger partial charge in [-0.15, -0.1) is 0 Å².